The van der Waals surface area contributed by atoms with E-state index in [1.165, 1.54) is 4.68 Å². The molecule has 1 heterocycles. The summed E-state index contributed by atoms with van der Waals surface area (Å²) in [5, 5.41) is 20.2. The summed E-state index contributed by atoms with van der Waals surface area (Å²) in [6.45, 7) is 0. The van der Waals surface area contributed by atoms with E-state index in [9.17, 15) is 9.90 Å². The van der Waals surface area contributed by atoms with Crippen molar-refractivity contribution in [2.75, 3.05) is 0 Å². The van der Waals surface area contributed by atoms with Gasteiger partial charge in [0.15, 0.2) is 5.82 Å². The van der Waals surface area contributed by atoms with E-state index in [-0.39, 0.29) is 0 Å². The lowest BCUT2D eigenvalue weighted by Crippen LogP contribution is -2.18. The quantitative estimate of drug-likeness (QED) is 0.922. The zero-order valence-corrected chi connectivity index (χ0v) is 11.2. The van der Waals surface area contributed by atoms with E-state index in [1.54, 1.807) is 7.05 Å². The Morgan fingerprint density at radius 1 is 1.44 bits per heavy atom. The van der Waals surface area contributed by atoms with Crippen molar-refractivity contribution >= 4 is 21.9 Å². The van der Waals surface area contributed by atoms with Crippen LogP contribution in [0.4, 0.5) is 0 Å². The van der Waals surface area contributed by atoms with Crippen LogP contribution in [0.1, 0.15) is 17.3 Å². The van der Waals surface area contributed by atoms with Crippen molar-refractivity contribution in [1.29, 1.82) is 0 Å². The minimum atomic E-state index is -0.934. The number of halogens is 1. The first-order chi connectivity index (χ1) is 8.58. The Hall–Kier alpha value is -1.76. The van der Waals surface area contributed by atoms with Crippen LogP contribution < -0.4 is 0 Å². The van der Waals surface area contributed by atoms with Crippen LogP contribution in [0.25, 0.3) is 0 Å². The first-order valence-electron chi connectivity index (χ1n) is 5.27. The summed E-state index contributed by atoms with van der Waals surface area (Å²) in [5.41, 5.74) is 0.925. The lowest BCUT2D eigenvalue weighted by molar-refractivity contribution is -0.139. The Morgan fingerprint density at radius 2 is 2.11 bits per heavy atom. The number of hydrogen-bond acceptors (Lipinski definition) is 4. The average molecular weight is 311 g/mol. The molecular weight excluding hydrogens is 300 g/mol. The van der Waals surface area contributed by atoms with E-state index in [4.69, 9.17) is 0 Å². The normalized spacial score (nSPS) is 12.3. The lowest BCUT2D eigenvalue weighted by Gasteiger charge is -2.10. The first-order valence-corrected chi connectivity index (χ1v) is 6.06. The van der Waals surface area contributed by atoms with E-state index in [1.807, 2.05) is 24.3 Å². The van der Waals surface area contributed by atoms with Gasteiger partial charge in [-0.25, -0.2) is 4.68 Å². The highest BCUT2D eigenvalue weighted by Crippen LogP contribution is 2.20. The molecule has 1 atom stereocenters. The molecule has 0 saturated carbocycles. The molecule has 7 heteroatoms. The van der Waals surface area contributed by atoms with Crippen molar-refractivity contribution in [3.05, 3.63) is 40.1 Å². The van der Waals surface area contributed by atoms with Crippen LogP contribution >= 0.6 is 15.9 Å². The standard InChI is InChI=1S/C11H11BrN4O2/c1-16-10(13-14-15-16)9(11(17)18)6-7-2-4-8(12)5-3-7/h2-5,9H,6H2,1H3,(H,17,18). The average Bonchev–Trinajstić information content (AvgIpc) is 2.74. The number of rotatable bonds is 4. The summed E-state index contributed by atoms with van der Waals surface area (Å²) < 4.78 is 2.34. The van der Waals surface area contributed by atoms with Crippen LogP contribution in [0.5, 0.6) is 0 Å². The van der Waals surface area contributed by atoms with Gasteiger partial charge in [0.25, 0.3) is 0 Å². The number of carboxylic acid groups (broad SMARTS) is 1. The maximum Gasteiger partial charge on any atom is 0.314 e. The molecule has 0 amide bonds. The van der Waals surface area contributed by atoms with Gasteiger partial charge in [-0.05, 0) is 34.5 Å². The lowest BCUT2D eigenvalue weighted by atomic mass is 9.99. The molecule has 0 radical (unpaired) electrons. The van der Waals surface area contributed by atoms with Crippen molar-refractivity contribution in [1.82, 2.24) is 20.2 Å². The number of hydrogen-bond donors (Lipinski definition) is 1. The van der Waals surface area contributed by atoms with Gasteiger partial charge in [0.2, 0.25) is 0 Å². The van der Waals surface area contributed by atoms with Gasteiger partial charge in [0.1, 0.15) is 5.92 Å². The van der Waals surface area contributed by atoms with E-state index in [0.717, 1.165) is 10.0 Å². The molecule has 0 bridgehead atoms. The third-order valence-electron chi connectivity index (χ3n) is 2.62. The molecule has 1 unspecified atom stereocenters. The smallest absolute Gasteiger partial charge is 0.314 e. The van der Waals surface area contributed by atoms with Gasteiger partial charge in [-0.15, -0.1) is 5.10 Å². The van der Waals surface area contributed by atoms with Gasteiger partial charge in [0, 0.05) is 11.5 Å². The Labute approximate surface area is 112 Å². The largest absolute Gasteiger partial charge is 0.481 e. The molecule has 0 aliphatic heterocycles. The van der Waals surface area contributed by atoms with Gasteiger partial charge < -0.3 is 5.11 Å². The SMILES string of the molecule is Cn1nnnc1C(Cc1ccc(Br)cc1)C(=O)O. The molecule has 1 aromatic carbocycles. The second-order valence-electron chi connectivity index (χ2n) is 3.88. The van der Waals surface area contributed by atoms with Gasteiger partial charge in [-0.3, -0.25) is 4.79 Å². The monoisotopic (exact) mass is 310 g/mol. The maximum atomic E-state index is 11.3. The molecule has 0 spiro atoms. The summed E-state index contributed by atoms with van der Waals surface area (Å²) in [4.78, 5) is 11.3. The van der Waals surface area contributed by atoms with Crippen molar-refractivity contribution in [3.8, 4) is 0 Å². The number of carbonyl (C=O) groups is 1. The second kappa shape index (κ2) is 5.26. The first kappa shape index (κ1) is 12.7. The molecule has 2 rings (SSSR count). The van der Waals surface area contributed by atoms with Crippen LogP contribution in [0.3, 0.4) is 0 Å². The Morgan fingerprint density at radius 3 is 2.61 bits per heavy atom. The Bertz CT molecular complexity index is 552. The van der Waals surface area contributed by atoms with Crippen LogP contribution in [0.15, 0.2) is 28.7 Å². The minimum Gasteiger partial charge on any atom is -0.481 e. The van der Waals surface area contributed by atoms with E-state index < -0.39 is 11.9 Å². The Balaban J connectivity index is 2.25. The highest BCUT2D eigenvalue weighted by Gasteiger charge is 2.25. The molecule has 0 fully saturated rings. The zero-order chi connectivity index (χ0) is 13.1. The number of aliphatic carboxylic acids is 1. The molecule has 0 saturated heterocycles. The highest BCUT2D eigenvalue weighted by atomic mass is 79.9. The van der Waals surface area contributed by atoms with E-state index >= 15 is 0 Å². The topological polar surface area (TPSA) is 80.9 Å². The van der Waals surface area contributed by atoms with Crippen LogP contribution in [0.2, 0.25) is 0 Å². The molecule has 1 N–H and O–H groups in total. The van der Waals surface area contributed by atoms with E-state index in [0.29, 0.717) is 12.2 Å². The van der Waals surface area contributed by atoms with Gasteiger partial charge in [-0.2, -0.15) is 0 Å². The van der Waals surface area contributed by atoms with Gasteiger partial charge >= 0.3 is 5.97 Å². The number of nitrogens with zero attached hydrogens (tertiary/aromatic N) is 4. The highest BCUT2D eigenvalue weighted by molar-refractivity contribution is 9.10. The van der Waals surface area contributed by atoms with E-state index in [2.05, 4.69) is 31.5 Å². The molecule has 6 nitrogen and oxygen atoms in total. The molecule has 94 valence electrons. The fourth-order valence-corrected chi connectivity index (χ4v) is 1.94. The molecule has 0 aliphatic rings. The predicted octanol–water partition coefficient (Wildman–Crippen LogP) is 1.38. The van der Waals surface area contributed by atoms with Crippen molar-refractivity contribution in [2.45, 2.75) is 12.3 Å². The summed E-state index contributed by atoms with van der Waals surface area (Å²) in [5.74, 6) is -1.33. The summed E-state index contributed by atoms with van der Waals surface area (Å²) in [7, 11) is 1.63. The maximum absolute atomic E-state index is 11.3. The molecule has 0 aliphatic carbocycles. The number of aryl methyl sites for hydroxylation is 1. The molecule has 18 heavy (non-hydrogen) atoms. The van der Waals surface area contributed by atoms with Crippen molar-refractivity contribution in [2.24, 2.45) is 7.05 Å². The molecule has 2 aromatic rings. The molecule has 1 aromatic heterocycles. The minimum absolute atomic E-state index is 0.352. The fraction of sp³-hybridized carbons (Fsp3) is 0.273. The zero-order valence-electron chi connectivity index (χ0n) is 9.62. The van der Waals surface area contributed by atoms with Crippen LogP contribution in [-0.2, 0) is 18.3 Å². The van der Waals surface area contributed by atoms with Gasteiger partial charge in [-0.1, -0.05) is 28.1 Å². The predicted molar refractivity (Wildman–Crippen MR) is 67.0 cm³/mol. The van der Waals surface area contributed by atoms with Crippen LogP contribution in [0, 0.1) is 0 Å². The Kier molecular flexibility index (Phi) is 3.71. The third-order valence-corrected chi connectivity index (χ3v) is 3.14. The summed E-state index contributed by atoms with van der Waals surface area (Å²) >= 11 is 3.34. The molecular formula is C11H11BrN4O2. The summed E-state index contributed by atoms with van der Waals surface area (Å²) in [6, 6.07) is 7.51. The van der Waals surface area contributed by atoms with Gasteiger partial charge in [0.05, 0.1) is 0 Å². The fourth-order valence-electron chi connectivity index (χ4n) is 1.68. The number of tetrazole rings is 1. The van der Waals surface area contributed by atoms with Crippen LogP contribution in [-0.4, -0.2) is 31.3 Å². The third kappa shape index (κ3) is 2.73. The number of benzene rings is 1. The number of carboxylic acids is 1. The second-order valence-corrected chi connectivity index (χ2v) is 4.80. The van der Waals surface area contributed by atoms with Crippen molar-refractivity contribution in [3.63, 3.8) is 0 Å². The number of aromatic nitrogens is 4. The summed E-state index contributed by atoms with van der Waals surface area (Å²) in [6.07, 6.45) is 0.358. The van der Waals surface area contributed by atoms with Crippen molar-refractivity contribution < 1.29 is 9.90 Å².